The second kappa shape index (κ2) is 3.32. The summed E-state index contributed by atoms with van der Waals surface area (Å²) in [6.07, 6.45) is 3.26. The van der Waals surface area contributed by atoms with Gasteiger partial charge in [-0.2, -0.15) is 0 Å². The molecule has 0 fully saturated rings. The summed E-state index contributed by atoms with van der Waals surface area (Å²) < 4.78 is 1.99. The molecular weight excluding hydrogens is 140 g/mol. The van der Waals surface area contributed by atoms with E-state index in [0.29, 0.717) is 6.42 Å². The molecule has 0 amide bonds. The van der Waals surface area contributed by atoms with Gasteiger partial charge < -0.3 is 9.36 Å². The molecule has 0 bridgehead atoms. The average molecular weight is 152 g/mol. The first-order chi connectivity index (χ1) is 5.25. The zero-order chi connectivity index (χ0) is 8.27. The number of aryl methyl sites for hydroxylation is 2. The van der Waals surface area contributed by atoms with Crippen LogP contribution < -0.4 is 0 Å². The summed E-state index contributed by atoms with van der Waals surface area (Å²) in [6, 6.07) is 0. The maximum atomic E-state index is 10.1. The van der Waals surface area contributed by atoms with Gasteiger partial charge in [0.1, 0.15) is 6.29 Å². The first-order valence-corrected chi connectivity index (χ1v) is 3.67. The zero-order valence-electron chi connectivity index (χ0n) is 6.87. The van der Waals surface area contributed by atoms with Gasteiger partial charge in [0.05, 0.1) is 12.0 Å². The molecule has 1 heterocycles. The summed E-state index contributed by atoms with van der Waals surface area (Å²) in [4.78, 5) is 14.2. The number of rotatable bonds is 3. The Kier molecular flexibility index (Phi) is 2.41. The van der Waals surface area contributed by atoms with Gasteiger partial charge in [0.2, 0.25) is 0 Å². The highest BCUT2D eigenvalue weighted by molar-refractivity contribution is 5.49. The van der Waals surface area contributed by atoms with Crippen LogP contribution in [0.3, 0.4) is 0 Å². The van der Waals surface area contributed by atoms with Gasteiger partial charge in [-0.3, -0.25) is 0 Å². The van der Waals surface area contributed by atoms with Crippen molar-refractivity contribution in [2.75, 3.05) is 0 Å². The molecule has 3 heteroatoms. The third kappa shape index (κ3) is 1.67. The molecule has 0 aromatic carbocycles. The van der Waals surface area contributed by atoms with Crippen molar-refractivity contribution in [1.82, 2.24) is 9.55 Å². The van der Waals surface area contributed by atoms with Crippen LogP contribution in [0.4, 0.5) is 0 Å². The van der Waals surface area contributed by atoms with Gasteiger partial charge in [-0.15, -0.1) is 0 Å². The average Bonchev–Trinajstić information content (AvgIpc) is 2.31. The van der Waals surface area contributed by atoms with Crippen molar-refractivity contribution in [3.05, 3.63) is 17.7 Å². The fourth-order valence-electron chi connectivity index (χ4n) is 0.961. The molecule has 0 atom stereocenters. The second-order valence-corrected chi connectivity index (χ2v) is 2.56. The molecule has 0 N–H and O–H groups in total. The molecule has 0 spiro atoms. The first-order valence-electron chi connectivity index (χ1n) is 3.67. The van der Waals surface area contributed by atoms with Crippen LogP contribution in [0, 0.1) is 13.8 Å². The number of carbonyl (C=O) groups is 1. The van der Waals surface area contributed by atoms with Crippen molar-refractivity contribution in [2.24, 2.45) is 0 Å². The fraction of sp³-hybridized carbons (Fsp3) is 0.500. The van der Waals surface area contributed by atoms with Gasteiger partial charge >= 0.3 is 0 Å². The number of carbonyl (C=O) groups excluding carboxylic acids is 1. The minimum absolute atomic E-state index is 0.566. The number of nitrogens with zero attached hydrogens (tertiary/aromatic N) is 2. The van der Waals surface area contributed by atoms with Gasteiger partial charge in [0, 0.05) is 18.7 Å². The molecule has 0 saturated carbocycles. The Morgan fingerprint density at radius 1 is 1.64 bits per heavy atom. The summed E-state index contributed by atoms with van der Waals surface area (Å²) >= 11 is 0. The van der Waals surface area contributed by atoms with Gasteiger partial charge in [-0.05, 0) is 13.8 Å². The van der Waals surface area contributed by atoms with Crippen LogP contribution in [0.25, 0.3) is 0 Å². The van der Waals surface area contributed by atoms with Crippen molar-refractivity contribution < 1.29 is 4.79 Å². The summed E-state index contributed by atoms with van der Waals surface area (Å²) in [5.74, 6) is 0. The van der Waals surface area contributed by atoms with Crippen LogP contribution in [0.15, 0.2) is 6.33 Å². The Morgan fingerprint density at radius 3 is 2.82 bits per heavy atom. The molecule has 3 nitrogen and oxygen atoms in total. The molecular formula is C8H12N2O. The minimum Gasteiger partial charge on any atom is -0.334 e. The third-order valence-electron chi connectivity index (χ3n) is 1.83. The Labute approximate surface area is 66.1 Å². The molecule has 0 aliphatic carbocycles. The number of hydrogen-bond acceptors (Lipinski definition) is 2. The van der Waals surface area contributed by atoms with E-state index >= 15 is 0 Å². The minimum atomic E-state index is 0.566. The molecule has 60 valence electrons. The Balaban J connectivity index is 2.70. The van der Waals surface area contributed by atoms with E-state index in [1.807, 2.05) is 18.4 Å². The van der Waals surface area contributed by atoms with E-state index in [1.165, 1.54) is 0 Å². The number of aromatic nitrogens is 2. The molecule has 1 rings (SSSR count). The predicted octanol–water partition coefficient (Wildman–Crippen LogP) is 1.09. The highest BCUT2D eigenvalue weighted by Gasteiger charge is 1.99. The third-order valence-corrected chi connectivity index (χ3v) is 1.83. The lowest BCUT2D eigenvalue weighted by Gasteiger charge is -2.00. The smallest absolute Gasteiger partial charge is 0.121 e. The highest BCUT2D eigenvalue weighted by Crippen LogP contribution is 2.03. The van der Waals surface area contributed by atoms with Crippen molar-refractivity contribution in [2.45, 2.75) is 26.8 Å². The van der Waals surface area contributed by atoms with Gasteiger partial charge in [-0.1, -0.05) is 0 Å². The van der Waals surface area contributed by atoms with E-state index in [4.69, 9.17) is 0 Å². The van der Waals surface area contributed by atoms with Crippen LogP contribution in [-0.4, -0.2) is 15.8 Å². The SMILES string of the molecule is Cc1ncn(CCC=O)c1C. The zero-order valence-corrected chi connectivity index (χ0v) is 6.87. The molecule has 0 aliphatic rings. The molecule has 0 unspecified atom stereocenters. The van der Waals surface area contributed by atoms with E-state index < -0.39 is 0 Å². The second-order valence-electron chi connectivity index (χ2n) is 2.56. The normalized spacial score (nSPS) is 10.0. The quantitative estimate of drug-likeness (QED) is 0.608. The monoisotopic (exact) mass is 152 g/mol. The van der Waals surface area contributed by atoms with Crippen LogP contribution >= 0.6 is 0 Å². The van der Waals surface area contributed by atoms with Crippen molar-refractivity contribution in [1.29, 1.82) is 0 Å². The number of imidazole rings is 1. The van der Waals surface area contributed by atoms with Crippen molar-refractivity contribution >= 4 is 6.29 Å². The Bertz CT molecular complexity index is 253. The van der Waals surface area contributed by atoms with Gasteiger partial charge in [0.25, 0.3) is 0 Å². The summed E-state index contributed by atoms with van der Waals surface area (Å²) in [6.45, 7) is 4.72. The van der Waals surface area contributed by atoms with Crippen LogP contribution in [-0.2, 0) is 11.3 Å². The lowest BCUT2D eigenvalue weighted by atomic mass is 10.3. The highest BCUT2D eigenvalue weighted by atomic mass is 16.1. The van der Waals surface area contributed by atoms with Gasteiger partial charge in [-0.25, -0.2) is 4.98 Å². The van der Waals surface area contributed by atoms with Crippen molar-refractivity contribution in [3.63, 3.8) is 0 Å². The van der Waals surface area contributed by atoms with Crippen LogP contribution in [0.5, 0.6) is 0 Å². The summed E-state index contributed by atoms with van der Waals surface area (Å²) in [5, 5.41) is 0. The number of hydrogen-bond donors (Lipinski definition) is 0. The lowest BCUT2D eigenvalue weighted by molar-refractivity contribution is -0.108. The Hall–Kier alpha value is -1.12. The molecule has 0 aliphatic heterocycles. The van der Waals surface area contributed by atoms with E-state index in [-0.39, 0.29) is 0 Å². The molecule has 0 saturated heterocycles. The van der Waals surface area contributed by atoms with E-state index in [0.717, 1.165) is 24.2 Å². The standard InChI is InChI=1S/C8H12N2O/c1-7-8(2)10(6-9-7)4-3-5-11/h5-6H,3-4H2,1-2H3. The number of aldehydes is 1. The summed E-state index contributed by atoms with van der Waals surface area (Å²) in [5.41, 5.74) is 2.18. The molecule has 11 heavy (non-hydrogen) atoms. The summed E-state index contributed by atoms with van der Waals surface area (Å²) in [7, 11) is 0. The molecule has 1 aromatic rings. The van der Waals surface area contributed by atoms with Crippen LogP contribution in [0.2, 0.25) is 0 Å². The predicted molar refractivity (Wildman–Crippen MR) is 42.4 cm³/mol. The first kappa shape index (κ1) is 7.98. The maximum absolute atomic E-state index is 10.1. The lowest BCUT2D eigenvalue weighted by Crippen LogP contribution is -1.99. The molecule has 1 aromatic heterocycles. The van der Waals surface area contributed by atoms with Gasteiger partial charge in [0.15, 0.2) is 0 Å². The van der Waals surface area contributed by atoms with Crippen molar-refractivity contribution in [3.8, 4) is 0 Å². The largest absolute Gasteiger partial charge is 0.334 e. The Morgan fingerprint density at radius 2 is 2.36 bits per heavy atom. The van der Waals surface area contributed by atoms with E-state index in [9.17, 15) is 4.79 Å². The van der Waals surface area contributed by atoms with E-state index in [2.05, 4.69) is 4.98 Å². The molecule has 0 radical (unpaired) electrons. The topological polar surface area (TPSA) is 34.9 Å². The fourth-order valence-corrected chi connectivity index (χ4v) is 0.961. The maximum Gasteiger partial charge on any atom is 0.121 e. The van der Waals surface area contributed by atoms with Crippen LogP contribution in [0.1, 0.15) is 17.8 Å². The van der Waals surface area contributed by atoms with E-state index in [1.54, 1.807) is 6.33 Å².